The van der Waals surface area contributed by atoms with Crippen molar-refractivity contribution in [2.45, 2.75) is 4.90 Å². The van der Waals surface area contributed by atoms with Crippen LogP contribution in [0.5, 0.6) is 0 Å². The number of nitrogens with zero attached hydrogens (tertiary/aromatic N) is 1. The van der Waals surface area contributed by atoms with Crippen LogP contribution >= 0.6 is 23.1 Å². The number of thiophene rings is 1. The van der Waals surface area contributed by atoms with Gasteiger partial charge in [0, 0.05) is 10.1 Å². The summed E-state index contributed by atoms with van der Waals surface area (Å²) in [5.74, 6) is -0.215. The summed E-state index contributed by atoms with van der Waals surface area (Å²) in [6.07, 6.45) is 1.83. The fourth-order valence-electron chi connectivity index (χ4n) is 1.32. The smallest absolute Gasteiger partial charge is 0.137 e. The molecule has 0 aliphatic carbocycles. The molecule has 14 heavy (non-hydrogen) atoms. The Labute approximate surface area is 89.2 Å². The maximum Gasteiger partial charge on any atom is 0.137 e. The maximum absolute atomic E-state index is 13.3. The summed E-state index contributed by atoms with van der Waals surface area (Å²) in [6.45, 7) is 0. The number of rotatable bonds is 1. The first kappa shape index (κ1) is 9.50. The quantitative estimate of drug-likeness (QED) is 0.689. The highest BCUT2D eigenvalue weighted by atomic mass is 32.2. The van der Waals surface area contributed by atoms with Crippen LogP contribution in [0.25, 0.3) is 10.1 Å². The van der Waals surface area contributed by atoms with Crippen LogP contribution in [0, 0.1) is 17.1 Å². The lowest BCUT2D eigenvalue weighted by atomic mass is 10.2. The van der Waals surface area contributed by atoms with Gasteiger partial charge in [0.1, 0.15) is 16.8 Å². The molecule has 0 atom stereocenters. The first-order valence-electron chi connectivity index (χ1n) is 3.92. The van der Waals surface area contributed by atoms with Crippen molar-refractivity contribution in [2.75, 3.05) is 6.26 Å². The Morgan fingerprint density at radius 3 is 2.93 bits per heavy atom. The van der Waals surface area contributed by atoms with Gasteiger partial charge in [-0.15, -0.1) is 23.1 Å². The van der Waals surface area contributed by atoms with Crippen LogP contribution in [0.2, 0.25) is 0 Å². The van der Waals surface area contributed by atoms with E-state index in [0.29, 0.717) is 9.77 Å². The van der Waals surface area contributed by atoms with Gasteiger partial charge in [-0.1, -0.05) is 0 Å². The number of fused-ring (bicyclic) bond motifs is 1. The van der Waals surface area contributed by atoms with Gasteiger partial charge in [0.25, 0.3) is 0 Å². The summed E-state index contributed by atoms with van der Waals surface area (Å²) in [7, 11) is 0. The van der Waals surface area contributed by atoms with Crippen LogP contribution in [0.1, 0.15) is 4.88 Å². The minimum Gasteiger partial charge on any atom is -0.206 e. The average molecular weight is 223 g/mol. The fraction of sp³-hybridized carbons (Fsp3) is 0.100. The molecule has 70 valence electrons. The molecule has 2 aromatic rings. The van der Waals surface area contributed by atoms with Crippen molar-refractivity contribution in [1.82, 2.24) is 0 Å². The van der Waals surface area contributed by atoms with Gasteiger partial charge in [-0.05, 0) is 24.5 Å². The Bertz CT molecular complexity index is 525. The van der Waals surface area contributed by atoms with Crippen molar-refractivity contribution in [1.29, 1.82) is 5.26 Å². The standard InChI is InChI=1S/C10H6FNS2/c1-13-10-7-4-6(5-12)14-9(7)3-2-8(10)11/h2-4H,1H3. The summed E-state index contributed by atoms with van der Waals surface area (Å²) >= 11 is 2.77. The third-order valence-corrected chi connectivity index (χ3v) is 3.75. The van der Waals surface area contributed by atoms with Gasteiger partial charge >= 0.3 is 0 Å². The van der Waals surface area contributed by atoms with Crippen LogP contribution in [0.15, 0.2) is 23.1 Å². The molecule has 1 aromatic heterocycles. The van der Waals surface area contributed by atoms with Gasteiger partial charge in [0.05, 0.1) is 4.90 Å². The fourth-order valence-corrected chi connectivity index (χ4v) is 2.90. The number of nitriles is 1. The van der Waals surface area contributed by atoms with E-state index in [1.54, 1.807) is 12.1 Å². The molecule has 1 nitrogen and oxygen atoms in total. The summed E-state index contributed by atoms with van der Waals surface area (Å²) in [4.78, 5) is 1.25. The predicted molar refractivity (Wildman–Crippen MR) is 58.3 cm³/mol. The number of benzene rings is 1. The lowest BCUT2D eigenvalue weighted by Crippen LogP contribution is -1.79. The second kappa shape index (κ2) is 3.60. The molecule has 0 N–H and O–H groups in total. The zero-order valence-electron chi connectivity index (χ0n) is 7.37. The van der Waals surface area contributed by atoms with Crippen molar-refractivity contribution < 1.29 is 4.39 Å². The van der Waals surface area contributed by atoms with E-state index in [0.717, 1.165) is 10.1 Å². The lowest BCUT2D eigenvalue weighted by Gasteiger charge is -1.99. The number of thioether (sulfide) groups is 1. The minimum absolute atomic E-state index is 0.215. The molecule has 4 heteroatoms. The third-order valence-electron chi connectivity index (χ3n) is 1.92. The van der Waals surface area contributed by atoms with Gasteiger partial charge in [-0.3, -0.25) is 0 Å². The zero-order valence-corrected chi connectivity index (χ0v) is 9.01. The number of hydrogen-bond acceptors (Lipinski definition) is 3. The molecule has 0 aliphatic heterocycles. The highest BCUT2D eigenvalue weighted by Crippen LogP contribution is 2.34. The number of hydrogen-bond donors (Lipinski definition) is 0. The molecule has 0 spiro atoms. The predicted octanol–water partition coefficient (Wildman–Crippen LogP) is 3.63. The first-order valence-corrected chi connectivity index (χ1v) is 5.96. The second-order valence-electron chi connectivity index (χ2n) is 2.71. The molecule has 2 rings (SSSR count). The summed E-state index contributed by atoms with van der Waals surface area (Å²) in [5.41, 5.74) is 0. The molecule has 0 aliphatic rings. The topological polar surface area (TPSA) is 23.8 Å². The Morgan fingerprint density at radius 1 is 1.50 bits per heavy atom. The van der Waals surface area contributed by atoms with Crippen LogP contribution < -0.4 is 0 Å². The van der Waals surface area contributed by atoms with Crippen LogP contribution in [0.4, 0.5) is 4.39 Å². The molecule has 0 fully saturated rings. The molecule has 0 saturated carbocycles. The molecule has 0 amide bonds. The monoisotopic (exact) mass is 223 g/mol. The van der Waals surface area contributed by atoms with E-state index in [1.165, 1.54) is 29.2 Å². The van der Waals surface area contributed by atoms with E-state index in [9.17, 15) is 4.39 Å². The van der Waals surface area contributed by atoms with Crippen LogP contribution in [0.3, 0.4) is 0 Å². The largest absolute Gasteiger partial charge is 0.206 e. The lowest BCUT2D eigenvalue weighted by molar-refractivity contribution is 0.606. The molecular formula is C10H6FNS2. The molecule has 0 unspecified atom stereocenters. The molecule has 1 aromatic carbocycles. The average Bonchev–Trinajstić information content (AvgIpc) is 2.60. The van der Waals surface area contributed by atoms with E-state index in [-0.39, 0.29) is 5.82 Å². The Balaban J connectivity index is 2.81. The highest BCUT2D eigenvalue weighted by Gasteiger charge is 2.09. The summed E-state index contributed by atoms with van der Waals surface area (Å²) in [5, 5.41) is 9.58. The Hall–Kier alpha value is -1.05. The molecule has 0 saturated heterocycles. The third kappa shape index (κ3) is 1.39. The van der Waals surface area contributed by atoms with E-state index in [4.69, 9.17) is 5.26 Å². The van der Waals surface area contributed by atoms with Gasteiger partial charge in [-0.2, -0.15) is 5.26 Å². The van der Waals surface area contributed by atoms with Crippen molar-refractivity contribution in [3.63, 3.8) is 0 Å². The zero-order chi connectivity index (χ0) is 10.1. The molecule has 1 heterocycles. The van der Waals surface area contributed by atoms with E-state index < -0.39 is 0 Å². The van der Waals surface area contributed by atoms with Crippen molar-refractivity contribution in [3.05, 3.63) is 28.9 Å². The Morgan fingerprint density at radius 2 is 2.29 bits per heavy atom. The van der Waals surface area contributed by atoms with Crippen molar-refractivity contribution >= 4 is 33.2 Å². The maximum atomic E-state index is 13.3. The molecule has 0 bridgehead atoms. The molecule has 0 radical (unpaired) electrons. The van der Waals surface area contributed by atoms with Gasteiger partial charge in [0.2, 0.25) is 0 Å². The van der Waals surface area contributed by atoms with E-state index in [1.807, 2.05) is 6.26 Å². The van der Waals surface area contributed by atoms with Crippen LogP contribution in [-0.4, -0.2) is 6.26 Å². The number of halogens is 1. The van der Waals surface area contributed by atoms with Gasteiger partial charge in [0.15, 0.2) is 0 Å². The first-order chi connectivity index (χ1) is 6.76. The molecular weight excluding hydrogens is 217 g/mol. The van der Waals surface area contributed by atoms with E-state index in [2.05, 4.69) is 6.07 Å². The SMILES string of the molecule is CSc1c(F)ccc2sc(C#N)cc12. The second-order valence-corrected chi connectivity index (χ2v) is 4.62. The van der Waals surface area contributed by atoms with Crippen LogP contribution in [-0.2, 0) is 0 Å². The van der Waals surface area contributed by atoms with Gasteiger partial charge in [-0.25, -0.2) is 4.39 Å². The van der Waals surface area contributed by atoms with E-state index >= 15 is 0 Å². The summed E-state index contributed by atoms with van der Waals surface area (Å²) < 4.78 is 14.3. The minimum atomic E-state index is -0.215. The van der Waals surface area contributed by atoms with Crippen molar-refractivity contribution in [2.24, 2.45) is 0 Å². The summed E-state index contributed by atoms with van der Waals surface area (Å²) in [6, 6.07) is 6.99. The normalized spacial score (nSPS) is 10.4. The highest BCUT2D eigenvalue weighted by molar-refractivity contribution is 7.98. The van der Waals surface area contributed by atoms with Gasteiger partial charge < -0.3 is 0 Å². The Kier molecular flexibility index (Phi) is 2.44. The van der Waals surface area contributed by atoms with Crippen molar-refractivity contribution in [3.8, 4) is 6.07 Å².